The zero-order valence-electron chi connectivity index (χ0n) is 49.3. The number of aliphatic carboxylic acids is 2. The molecule has 0 aliphatic rings. The Morgan fingerprint density at radius 2 is 0.580 bits per heavy atom. The predicted octanol–water partition coefficient (Wildman–Crippen LogP) is 3.97. The van der Waals surface area contributed by atoms with Crippen molar-refractivity contribution >= 4 is 47.8 Å². The highest BCUT2D eigenvalue weighted by Crippen LogP contribution is 2.45. The van der Waals surface area contributed by atoms with Crippen molar-refractivity contribution in [2.24, 2.45) is 0 Å². The van der Waals surface area contributed by atoms with E-state index in [1.54, 1.807) is 6.07 Å². The number of carboxylic acids is 8. The molecule has 8 rings (SSSR count). The molecule has 8 aromatic rings. The monoisotopic (exact) mass is 1420 g/mol. The Hall–Kier alpha value is -15.5. The molecule has 0 saturated heterocycles. The topological polar surface area (TPSA) is 804 Å². The fourth-order valence-corrected chi connectivity index (χ4v) is 6.63. The lowest BCUT2D eigenvalue weighted by Crippen LogP contribution is -1.99. The number of carbonyl (C=O) groups is 8. The van der Waals surface area contributed by atoms with Gasteiger partial charge in [0.1, 0.15) is 51.0 Å². The number of rotatable bonds is 11. The molecular formula is C59H54O41. The van der Waals surface area contributed by atoms with Crippen molar-refractivity contribution in [2.45, 2.75) is 19.3 Å². The van der Waals surface area contributed by atoms with Crippen molar-refractivity contribution in [3.63, 3.8) is 0 Å². The normalized spacial score (nSPS) is 9.76. The summed E-state index contributed by atoms with van der Waals surface area (Å²) in [5, 5.41) is 290. The second-order valence-corrected chi connectivity index (χ2v) is 18.5. The number of benzene rings is 8. The maximum Gasteiger partial charge on any atom is 0.343 e. The lowest BCUT2D eigenvalue weighted by molar-refractivity contribution is -0.137. The summed E-state index contributed by atoms with van der Waals surface area (Å²) in [4.78, 5) is 82.6. The Kier molecular flexibility index (Phi) is 29.8. The van der Waals surface area contributed by atoms with Crippen LogP contribution >= 0.6 is 0 Å². The third-order valence-electron chi connectivity index (χ3n) is 11.4. The van der Waals surface area contributed by atoms with E-state index >= 15 is 0 Å². The van der Waals surface area contributed by atoms with Crippen molar-refractivity contribution in [1.29, 1.82) is 0 Å². The quantitative estimate of drug-likeness (QED) is 0.0643. The number of phenols is 25. The van der Waals surface area contributed by atoms with Crippen LogP contribution in [0, 0.1) is 0 Å². The summed E-state index contributed by atoms with van der Waals surface area (Å²) >= 11 is 0. The smallest absolute Gasteiger partial charge is 0.343 e. The minimum atomic E-state index is -1.65. The molecule has 100 heavy (non-hydrogen) atoms. The zero-order valence-corrected chi connectivity index (χ0v) is 49.3. The third-order valence-corrected chi connectivity index (χ3v) is 11.4. The second kappa shape index (κ2) is 36.1. The Morgan fingerprint density at radius 1 is 0.230 bits per heavy atom. The summed E-state index contributed by atoms with van der Waals surface area (Å²) in [6.45, 7) is 0. The lowest BCUT2D eigenvalue weighted by atomic mass is 10.1. The summed E-state index contributed by atoms with van der Waals surface area (Å²) in [6, 6.07) is 15.4. The van der Waals surface area contributed by atoms with Crippen LogP contribution in [0.5, 0.6) is 144 Å². The number of hydrogen-bond acceptors (Lipinski definition) is 33. The van der Waals surface area contributed by atoms with Gasteiger partial charge in [0.25, 0.3) is 0 Å². The summed E-state index contributed by atoms with van der Waals surface area (Å²) in [5.41, 5.74) is -2.93. The van der Waals surface area contributed by atoms with E-state index in [1.807, 2.05) is 0 Å². The van der Waals surface area contributed by atoms with Crippen LogP contribution in [0.1, 0.15) is 79.7 Å². The summed E-state index contributed by atoms with van der Waals surface area (Å²) in [6.07, 6.45) is 0.210. The zero-order chi connectivity index (χ0) is 77.4. The van der Waals surface area contributed by atoms with Crippen LogP contribution in [-0.4, -0.2) is 216 Å². The molecule has 33 N–H and O–H groups in total. The molecule has 0 fully saturated rings. The Labute approximate surface area is 551 Å². The second-order valence-electron chi connectivity index (χ2n) is 18.5. The molecule has 41 nitrogen and oxygen atoms in total. The molecule has 0 aliphatic carbocycles. The van der Waals surface area contributed by atoms with Crippen LogP contribution in [-0.2, 0) is 22.4 Å². The van der Waals surface area contributed by atoms with Crippen molar-refractivity contribution in [2.75, 3.05) is 0 Å². The molecule has 0 aliphatic heterocycles. The molecule has 0 unspecified atom stereocenters. The first-order valence-electron chi connectivity index (χ1n) is 25.6. The van der Waals surface area contributed by atoms with Crippen molar-refractivity contribution in [1.82, 2.24) is 0 Å². The van der Waals surface area contributed by atoms with E-state index in [0.717, 1.165) is 36.4 Å². The van der Waals surface area contributed by atoms with Gasteiger partial charge in [-0.1, -0.05) is 12.1 Å². The van der Waals surface area contributed by atoms with Crippen molar-refractivity contribution in [3.8, 4) is 144 Å². The molecule has 0 bridgehead atoms. The van der Waals surface area contributed by atoms with E-state index in [2.05, 4.69) is 0 Å². The number of phenolic OH excluding ortho intramolecular Hbond substituents is 16. The summed E-state index contributed by atoms with van der Waals surface area (Å²) < 4.78 is 0. The van der Waals surface area contributed by atoms with Gasteiger partial charge in [0, 0.05) is 36.8 Å². The van der Waals surface area contributed by atoms with Crippen LogP contribution < -0.4 is 0 Å². The highest BCUT2D eigenvalue weighted by Gasteiger charge is 2.25. The highest BCUT2D eigenvalue weighted by atomic mass is 16.4. The molecule has 0 saturated carbocycles. The van der Waals surface area contributed by atoms with Gasteiger partial charge in [-0.15, -0.1) is 0 Å². The largest absolute Gasteiger partial charge is 0.508 e. The molecule has 0 heterocycles. The first-order valence-corrected chi connectivity index (χ1v) is 25.6. The first kappa shape index (κ1) is 82.5. The maximum absolute atomic E-state index is 10.4. The van der Waals surface area contributed by atoms with Gasteiger partial charge in [-0.05, 0) is 66.1 Å². The van der Waals surface area contributed by atoms with Crippen LogP contribution in [0.25, 0.3) is 0 Å². The molecule has 41 heteroatoms. The van der Waals surface area contributed by atoms with Crippen molar-refractivity contribution < 1.29 is 207 Å². The van der Waals surface area contributed by atoms with Gasteiger partial charge >= 0.3 is 47.8 Å². The SMILES string of the molecule is O=C(O)CCc1ccc(O)c(O)c1.O=C(O)Cc1ccc(O)c(O)c1.O=C(O)c1c(O)c(O)cc(O)c1O.O=C(O)c1c(O)cc(O)c(O)c1O.O=C(O)c1c(O)cc(O)cc1O.O=C(O)c1c(O)ccc(O)c1O.O=C(O)c1cc(O)c(O)c(O)c1.O=C(O)c1cc(O)c(O)c(O)c1O. The molecule has 8 aromatic carbocycles. The molecule has 0 amide bonds. The van der Waals surface area contributed by atoms with Gasteiger partial charge in [-0.25, -0.2) is 28.8 Å². The fraction of sp³-hybridized carbons (Fsp3) is 0.0508. The van der Waals surface area contributed by atoms with Gasteiger partial charge in [-0.3, -0.25) is 9.59 Å². The van der Waals surface area contributed by atoms with Gasteiger partial charge in [0.05, 0.1) is 12.0 Å². The van der Waals surface area contributed by atoms with Crippen LogP contribution in [0.15, 0.2) is 91.0 Å². The van der Waals surface area contributed by atoms with E-state index in [1.165, 1.54) is 30.3 Å². The molecule has 0 spiro atoms. The minimum absolute atomic E-state index is 0.0181. The fourth-order valence-electron chi connectivity index (χ4n) is 6.63. The molecule has 0 atom stereocenters. The summed E-state index contributed by atoms with van der Waals surface area (Å²) in [7, 11) is 0. The Balaban J connectivity index is 0.000000572. The average Bonchev–Trinajstić information content (AvgIpc) is 0.846. The lowest BCUT2D eigenvalue weighted by Gasteiger charge is -2.05. The number of hydrogen-bond donors (Lipinski definition) is 33. The predicted molar refractivity (Wildman–Crippen MR) is 322 cm³/mol. The standard InChI is InChI=1S/C9H10O4.C8H8O4.3C7H6O6.3C7H6O5/c10-7-3-1-6(5-8(7)11)2-4-9(12)13;9-6-2-1-5(3-7(6)10)4-8(11)12;8-2-1-3(9)6(11)4(5(2)10)7(12)13;8-2-1-3(9)5(10)6(11)4(2)7(12)13;8-3-1-2(7(12)13)4(9)6(11)5(3)10;8-3-1-4(9)6(7(11)12)5(10)2-3;8-4-1-3(7(11)12)2-5(9)6(4)10;8-3-1-2-4(9)6(10)5(3)7(11)12/h1,3,5,10-11H,2,4H2,(H,12,13);1-3,9-10H,4H2,(H,11,12);3*1,8-11H,(H,12,13);3*1-2,8-10H,(H,11,12). The van der Waals surface area contributed by atoms with Gasteiger partial charge < -0.3 is 169 Å². The minimum Gasteiger partial charge on any atom is -0.508 e. The number of aromatic hydroxyl groups is 25. The number of aromatic carboxylic acids is 6. The van der Waals surface area contributed by atoms with E-state index in [-0.39, 0.29) is 41.4 Å². The Morgan fingerprint density at radius 3 is 0.980 bits per heavy atom. The van der Waals surface area contributed by atoms with E-state index < -0.39 is 196 Å². The molecule has 536 valence electrons. The molecular weight excluding hydrogens is 1360 g/mol. The van der Waals surface area contributed by atoms with Crippen LogP contribution in [0.2, 0.25) is 0 Å². The average molecular weight is 1420 g/mol. The van der Waals surface area contributed by atoms with Crippen LogP contribution in [0.4, 0.5) is 0 Å². The molecule has 0 radical (unpaired) electrons. The van der Waals surface area contributed by atoms with Gasteiger partial charge in [0.15, 0.2) is 103 Å². The summed E-state index contributed by atoms with van der Waals surface area (Å²) in [5.74, 6) is -28.7. The third kappa shape index (κ3) is 23.6. The Bertz CT molecular complexity index is 4310. The van der Waals surface area contributed by atoms with Gasteiger partial charge in [0.2, 0.25) is 17.2 Å². The van der Waals surface area contributed by atoms with Crippen LogP contribution in [0.3, 0.4) is 0 Å². The maximum atomic E-state index is 10.4. The van der Waals surface area contributed by atoms with Crippen molar-refractivity contribution in [3.05, 3.63) is 136 Å². The highest BCUT2D eigenvalue weighted by molar-refractivity contribution is 5.98. The number of aryl methyl sites for hydroxylation is 1. The van der Waals surface area contributed by atoms with Gasteiger partial charge in [-0.2, -0.15) is 0 Å². The number of carboxylic acid groups (broad SMARTS) is 8. The van der Waals surface area contributed by atoms with E-state index in [0.29, 0.717) is 35.7 Å². The first-order chi connectivity index (χ1) is 46.1. The van der Waals surface area contributed by atoms with E-state index in [9.17, 15) is 38.4 Å². The van der Waals surface area contributed by atoms with E-state index in [4.69, 9.17) is 169 Å². The molecule has 0 aromatic heterocycles.